The molecule has 3 rings (SSSR count). The number of aromatic nitrogens is 2. The molecule has 1 aliphatic carbocycles. The third-order valence-corrected chi connectivity index (χ3v) is 3.62. The highest BCUT2D eigenvalue weighted by atomic mass is 16.2. The molecule has 1 atom stereocenters. The van der Waals surface area contributed by atoms with Gasteiger partial charge in [-0.15, -0.1) is 10.2 Å². The minimum Gasteiger partial charge on any atom is -0.364 e. The second-order valence-corrected chi connectivity index (χ2v) is 5.21. The molecule has 0 spiro atoms. The second kappa shape index (κ2) is 5.07. The van der Waals surface area contributed by atoms with Gasteiger partial charge in [0, 0.05) is 26.1 Å². The van der Waals surface area contributed by atoms with Crippen LogP contribution in [0.2, 0.25) is 0 Å². The third-order valence-electron chi connectivity index (χ3n) is 3.62. The van der Waals surface area contributed by atoms with Crippen molar-refractivity contribution in [2.45, 2.75) is 31.3 Å². The molecule has 2 fully saturated rings. The molecule has 1 aromatic heterocycles. The van der Waals surface area contributed by atoms with Crippen LogP contribution in [-0.4, -0.2) is 52.6 Å². The molecule has 2 amide bonds. The lowest BCUT2D eigenvalue weighted by Crippen LogP contribution is -2.30. The first-order chi connectivity index (χ1) is 9.67. The van der Waals surface area contributed by atoms with Crippen LogP contribution in [0.4, 0.5) is 5.82 Å². The number of rotatable bonds is 4. The average molecular weight is 275 g/mol. The van der Waals surface area contributed by atoms with E-state index in [1.165, 1.54) is 0 Å². The SMILES string of the molecule is CNC(=O)c1ccc(NC2CC(=O)N(C3CC3)C2)nn1. The molecule has 0 bridgehead atoms. The lowest BCUT2D eigenvalue weighted by molar-refractivity contribution is -0.128. The number of likely N-dealkylation sites (tertiary alicyclic amines) is 1. The molecule has 1 unspecified atom stereocenters. The van der Waals surface area contributed by atoms with Crippen LogP contribution in [0.5, 0.6) is 0 Å². The Bertz CT molecular complexity index is 526. The summed E-state index contributed by atoms with van der Waals surface area (Å²) in [5.74, 6) is 0.535. The standard InChI is InChI=1S/C13H17N5O2/c1-14-13(20)10-4-5-11(17-16-10)15-8-6-12(19)18(7-8)9-2-3-9/h4-5,8-9H,2-3,6-7H2,1H3,(H,14,20)(H,15,17). The van der Waals surface area contributed by atoms with E-state index >= 15 is 0 Å². The molecule has 1 saturated carbocycles. The summed E-state index contributed by atoms with van der Waals surface area (Å²) in [6.07, 6.45) is 2.74. The number of nitrogens with one attached hydrogen (secondary N) is 2. The van der Waals surface area contributed by atoms with Crippen molar-refractivity contribution in [1.82, 2.24) is 20.4 Å². The van der Waals surface area contributed by atoms with Gasteiger partial charge in [0.25, 0.3) is 5.91 Å². The zero-order chi connectivity index (χ0) is 14.1. The molecule has 1 aliphatic heterocycles. The number of nitrogens with zero attached hydrogens (tertiary/aromatic N) is 3. The Kier molecular flexibility index (Phi) is 3.25. The van der Waals surface area contributed by atoms with Crippen molar-refractivity contribution in [1.29, 1.82) is 0 Å². The van der Waals surface area contributed by atoms with Gasteiger partial charge < -0.3 is 15.5 Å². The first-order valence-electron chi connectivity index (χ1n) is 6.79. The fourth-order valence-corrected chi connectivity index (χ4v) is 2.43. The molecule has 2 N–H and O–H groups in total. The smallest absolute Gasteiger partial charge is 0.271 e. The lowest BCUT2D eigenvalue weighted by Gasteiger charge is -2.16. The van der Waals surface area contributed by atoms with Crippen LogP contribution in [0.25, 0.3) is 0 Å². The number of anilines is 1. The average Bonchev–Trinajstić information content (AvgIpc) is 3.23. The Labute approximate surface area is 116 Å². The molecule has 0 aromatic carbocycles. The zero-order valence-corrected chi connectivity index (χ0v) is 11.3. The number of hydrogen-bond acceptors (Lipinski definition) is 5. The number of carbonyl (C=O) groups is 2. The Morgan fingerprint density at radius 1 is 1.35 bits per heavy atom. The first kappa shape index (κ1) is 12.8. The van der Waals surface area contributed by atoms with Gasteiger partial charge in [-0.3, -0.25) is 9.59 Å². The van der Waals surface area contributed by atoms with E-state index in [1.54, 1.807) is 19.2 Å². The summed E-state index contributed by atoms with van der Waals surface area (Å²) in [6.45, 7) is 0.725. The lowest BCUT2D eigenvalue weighted by atomic mass is 10.2. The summed E-state index contributed by atoms with van der Waals surface area (Å²) in [5.41, 5.74) is 0.278. The molecular formula is C13H17N5O2. The van der Waals surface area contributed by atoms with Crippen molar-refractivity contribution in [3.63, 3.8) is 0 Å². The van der Waals surface area contributed by atoms with Crippen LogP contribution in [0.3, 0.4) is 0 Å². The van der Waals surface area contributed by atoms with Crippen LogP contribution in [-0.2, 0) is 4.79 Å². The summed E-state index contributed by atoms with van der Waals surface area (Å²) >= 11 is 0. The molecule has 0 radical (unpaired) electrons. The molecule has 1 saturated heterocycles. The molecule has 2 heterocycles. The van der Waals surface area contributed by atoms with E-state index < -0.39 is 0 Å². The van der Waals surface area contributed by atoms with Gasteiger partial charge in [0.05, 0.1) is 6.04 Å². The van der Waals surface area contributed by atoms with Gasteiger partial charge in [0.15, 0.2) is 5.69 Å². The summed E-state index contributed by atoms with van der Waals surface area (Å²) in [5, 5.41) is 13.5. The van der Waals surface area contributed by atoms with Crippen LogP contribution in [0, 0.1) is 0 Å². The summed E-state index contributed by atoms with van der Waals surface area (Å²) in [4.78, 5) is 25.1. The second-order valence-electron chi connectivity index (χ2n) is 5.21. The Morgan fingerprint density at radius 2 is 2.15 bits per heavy atom. The highest BCUT2D eigenvalue weighted by molar-refractivity contribution is 5.91. The molecular weight excluding hydrogens is 258 g/mol. The topological polar surface area (TPSA) is 87.2 Å². The van der Waals surface area contributed by atoms with Gasteiger partial charge in [0.2, 0.25) is 5.91 Å². The predicted octanol–water partition coefficient (Wildman–Crippen LogP) is 0.0114. The Morgan fingerprint density at radius 3 is 2.75 bits per heavy atom. The van der Waals surface area contributed by atoms with Crippen LogP contribution in [0.1, 0.15) is 29.8 Å². The maximum Gasteiger partial charge on any atom is 0.271 e. The highest BCUT2D eigenvalue weighted by Crippen LogP contribution is 2.31. The number of amides is 2. The van der Waals surface area contributed by atoms with Gasteiger partial charge in [0.1, 0.15) is 5.82 Å². The molecule has 20 heavy (non-hydrogen) atoms. The monoisotopic (exact) mass is 275 g/mol. The molecule has 7 nitrogen and oxygen atoms in total. The summed E-state index contributed by atoms with van der Waals surface area (Å²) < 4.78 is 0. The summed E-state index contributed by atoms with van der Waals surface area (Å²) in [7, 11) is 1.55. The van der Waals surface area contributed by atoms with E-state index in [2.05, 4.69) is 20.8 Å². The van der Waals surface area contributed by atoms with E-state index in [1.807, 2.05) is 4.90 Å². The van der Waals surface area contributed by atoms with Gasteiger partial charge in [-0.05, 0) is 25.0 Å². The zero-order valence-electron chi connectivity index (χ0n) is 11.3. The molecule has 1 aromatic rings. The number of hydrogen-bond donors (Lipinski definition) is 2. The summed E-state index contributed by atoms with van der Waals surface area (Å²) in [6, 6.07) is 3.85. The van der Waals surface area contributed by atoms with Gasteiger partial charge in [-0.2, -0.15) is 0 Å². The van der Waals surface area contributed by atoms with Crippen LogP contribution >= 0.6 is 0 Å². The number of carbonyl (C=O) groups excluding carboxylic acids is 2. The molecule has 106 valence electrons. The normalized spacial score (nSPS) is 21.9. The van der Waals surface area contributed by atoms with Gasteiger partial charge in [-0.25, -0.2) is 0 Å². The Hall–Kier alpha value is -2.18. The first-order valence-corrected chi connectivity index (χ1v) is 6.79. The van der Waals surface area contributed by atoms with E-state index in [0.717, 1.165) is 19.4 Å². The fourth-order valence-electron chi connectivity index (χ4n) is 2.43. The highest BCUT2D eigenvalue weighted by Gasteiger charge is 2.39. The minimum atomic E-state index is -0.264. The fraction of sp³-hybridized carbons (Fsp3) is 0.538. The van der Waals surface area contributed by atoms with Crippen LogP contribution in [0.15, 0.2) is 12.1 Å². The van der Waals surface area contributed by atoms with Gasteiger partial charge >= 0.3 is 0 Å². The van der Waals surface area contributed by atoms with E-state index in [4.69, 9.17) is 0 Å². The minimum absolute atomic E-state index is 0.0725. The third kappa shape index (κ3) is 2.56. The van der Waals surface area contributed by atoms with E-state index in [-0.39, 0.29) is 23.6 Å². The maximum atomic E-state index is 11.8. The van der Waals surface area contributed by atoms with Crippen molar-refractivity contribution in [3.05, 3.63) is 17.8 Å². The van der Waals surface area contributed by atoms with E-state index in [9.17, 15) is 9.59 Å². The van der Waals surface area contributed by atoms with Crippen molar-refractivity contribution < 1.29 is 9.59 Å². The van der Waals surface area contributed by atoms with Crippen molar-refractivity contribution >= 4 is 17.6 Å². The largest absolute Gasteiger partial charge is 0.364 e. The Balaban J connectivity index is 1.60. The molecule has 7 heteroatoms. The van der Waals surface area contributed by atoms with E-state index in [0.29, 0.717) is 18.3 Å². The van der Waals surface area contributed by atoms with Crippen molar-refractivity contribution in [2.75, 3.05) is 18.9 Å². The van der Waals surface area contributed by atoms with Crippen molar-refractivity contribution in [2.24, 2.45) is 0 Å². The van der Waals surface area contributed by atoms with Crippen LogP contribution < -0.4 is 10.6 Å². The van der Waals surface area contributed by atoms with Crippen molar-refractivity contribution in [3.8, 4) is 0 Å². The molecule has 2 aliphatic rings. The van der Waals surface area contributed by atoms with Gasteiger partial charge in [-0.1, -0.05) is 0 Å². The predicted molar refractivity (Wildman–Crippen MR) is 72.2 cm³/mol. The quantitative estimate of drug-likeness (QED) is 0.808. The maximum absolute atomic E-state index is 11.8.